The van der Waals surface area contributed by atoms with Crippen molar-refractivity contribution in [3.63, 3.8) is 0 Å². The second-order valence-corrected chi connectivity index (χ2v) is 15.5. The van der Waals surface area contributed by atoms with Crippen LogP contribution in [0.1, 0.15) is 0 Å². The lowest BCUT2D eigenvalue weighted by molar-refractivity contribution is 1.07. The highest BCUT2D eigenvalue weighted by Gasteiger charge is 2.19. The molecule has 0 aliphatic rings. The molecule has 0 saturated carbocycles. The molecule has 0 atom stereocenters. The Morgan fingerprint density at radius 2 is 0.758 bits per heavy atom. The molecule has 0 aliphatic heterocycles. The quantitative estimate of drug-likeness (QED) is 0.161. The van der Waals surface area contributed by atoms with Crippen molar-refractivity contribution >= 4 is 43.6 Å². The Morgan fingerprint density at radius 3 is 1.35 bits per heavy atom. The zero-order chi connectivity index (χ0) is 41.0. The largest absolute Gasteiger partial charge is 0.309 e. The van der Waals surface area contributed by atoms with Crippen LogP contribution < -0.4 is 0 Å². The number of hydrogen-bond donors (Lipinski definition) is 0. The minimum atomic E-state index is 0.545. The van der Waals surface area contributed by atoms with Crippen LogP contribution in [-0.2, 0) is 0 Å². The number of aromatic nitrogens is 6. The second kappa shape index (κ2) is 14.7. The molecule has 12 aromatic rings. The first kappa shape index (κ1) is 35.5. The number of fused-ring (bicyclic) bond motifs is 6. The zero-order valence-electron chi connectivity index (χ0n) is 33.5. The maximum absolute atomic E-state index is 5.22. The monoisotopic (exact) mass is 792 g/mol. The molecule has 0 fully saturated rings. The van der Waals surface area contributed by atoms with Gasteiger partial charge in [-0.1, -0.05) is 152 Å². The molecule has 62 heavy (non-hydrogen) atoms. The Kier molecular flexibility index (Phi) is 8.38. The van der Waals surface area contributed by atoms with Gasteiger partial charge in [-0.2, -0.15) is 0 Å². The normalized spacial score (nSPS) is 11.5. The van der Waals surface area contributed by atoms with Gasteiger partial charge in [-0.3, -0.25) is 4.98 Å². The fraction of sp³-hybridized carbons (Fsp3) is 0. The Bertz CT molecular complexity index is 3540. The van der Waals surface area contributed by atoms with E-state index in [9.17, 15) is 0 Å². The summed E-state index contributed by atoms with van der Waals surface area (Å²) in [6.07, 6.45) is 3.80. The van der Waals surface area contributed by atoms with Gasteiger partial charge in [0.2, 0.25) is 0 Å². The van der Waals surface area contributed by atoms with Crippen molar-refractivity contribution in [3.8, 4) is 67.8 Å². The average molecular weight is 793 g/mol. The molecule has 0 spiro atoms. The summed E-state index contributed by atoms with van der Waals surface area (Å²) < 4.78 is 4.69. The molecule has 8 aromatic carbocycles. The highest BCUT2D eigenvalue weighted by molar-refractivity contribution is 6.10. The third-order valence-electron chi connectivity index (χ3n) is 11.8. The van der Waals surface area contributed by atoms with E-state index in [2.05, 4.69) is 185 Å². The SMILES string of the molecule is c1ccc(-c2ccc(-n3c4ccccc4c4ccccc43)c(-c3cncc(-c4nc(-c5ccccc5)nc(-c5cccc(-n6c7ccccc7c7ccccc76)c5)n4)c3)c2)cc1. The molecule has 4 aromatic heterocycles. The molecule has 4 heterocycles. The molecule has 0 N–H and O–H groups in total. The van der Waals surface area contributed by atoms with E-state index in [1.807, 2.05) is 42.7 Å². The predicted octanol–water partition coefficient (Wildman–Crippen LogP) is 13.8. The smallest absolute Gasteiger partial charge is 0.165 e. The molecule has 0 saturated heterocycles. The van der Waals surface area contributed by atoms with E-state index in [4.69, 9.17) is 19.9 Å². The summed E-state index contributed by atoms with van der Waals surface area (Å²) >= 11 is 0. The van der Waals surface area contributed by atoms with Gasteiger partial charge in [0, 0.05) is 67.4 Å². The topological polar surface area (TPSA) is 61.4 Å². The molecule has 6 heteroatoms. The van der Waals surface area contributed by atoms with Crippen molar-refractivity contribution in [2.45, 2.75) is 0 Å². The minimum Gasteiger partial charge on any atom is -0.309 e. The van der Waals surface area contributed by atoms with Crippen molar-refractivity contribution in [2.24, 2.45) is 0 Å². The Morgan fingerprint density at radius 1 is 0.290 bits per heavy atom. The molecule has 290 valence electrons. The lowest BCUT2D eigenvalue weighted by atomic mass is 9.97. The van der Waals surface area contributed by atoms with E-state index in [1.54, 1.807) is 0 Å². The lowest BCUT2D eigenvalue weighted by Gasteiger charge is -2.16. The Hall–Kier alpha value is -8.48. The second-order valence-electron chi connectivity index (χ2n) is 15.5. The van der Waals surface area contributed by atoms with Crippen molar-refractivity contribution in [1.82, 2.24) is 29.1 Å². The molecule has 0 radical (unpaired) electrons. The number of para-hydroxylation sites is 4. The van der Waals surface area contributed by atoms with Gasteiger partial charge in [0.25, 0.3) is 0 Å². The van der Waals surface area contributed by atoms with Crippen molar-refractivity contribution in [3.05, 3.63) is 219 Å². The van der Waals surface area contributed by atoms with Crippen LogP contribution in [0.25, 0.3) is 111 Å². The van der Waals surface area contributed by atoms with E-state index < -0.39 is 0 Å². The summed E-state index contributed by atoms with van der Waals surface area (Å²) in [7, 11) is 0. The van der Waals surface area contributed by atoms with Crippen LogP contribution in [0.15, 0.2) is 219 Å². The van der Waals surface area contributed by atoms with Crippen LogP contribution in [0.2, 0.25) is 0 Å². The lowest BCUT2D eigenvalue weighted by Crippen LogP contribution is -2.02. The first-order valence-electron chi connectivity index (χ1n) is 20.8. The van der Waals surface area contributed by atoms with E-state index in [0.717, 1.165) is 72.4 Å². The summed E-state index contributed by atoms with van der Waals surface area (Å²) in [6, 6.07) is 72.4. The van der Waals surface area contributed by atoms with Gasteiger partial charge in [0.15, 0.2) is 17.5 Å². The summed E-state index contributed by atoms with van der Waals surface area (Å²) in [5.74, 6) is 1.72. The minimum absolute atomic E-state index is 0.545. The van der Waals surface area contributed by atoms with Crippen LogP contribution in [0.5, 0.6) is 0 Å². The zero-order valence-corrected chi connectivity index (χ0v) is 33.5. The Labute approximate surface area is 357 Å². The van der Waals surface area contributed by atoms with Gasteiger partial charge < -0.3 is 9.13 Å². The van der Waals surface area contributed by atoms with Gasteiger partial charge in [0.1, 0.15) is 0 Å². The van der Waals surface area contributed by atoms with E-state index >= 15 is 0 Å². The van der Waals surface area contributed by atoms with Crippen LogP contribution in [0, 0.1) is 0 Å². The van der Waals surface area contributed by atoms with E-state index in [0.29, 0.717) is 17.5 Å². The molecule has 0 aliphatic carbocycles. The summed E-state index contributed by atoms with van der Waals surface area (Å²) in [6.45, 7) is 0. The molecular weight excluding hydrogens is 757 g/mol. The van der Waals surface area contributed by atoms with Gasteiger partial charge in [-0.15, -0.1) is 0 Å². The summed E-state index contributed by atoms with van der Waals surface area (Å²) in [5, 5.41) is 4.85. The van der Waals surface area contributed by atoms with Crippen LogP contribution >= 0.6 is 0 Å². The first-order valence-corrected chi connectivity index (χ1v) is 20.8. The highest BCUT2D eigenvalue weighted by Crippen LogP contribution is 2.39. The van der Waals surface area contributed by atoms with Gasteiger partial charge in [-0.25, -0.2) is 15.0 Å². The molecule has 0 amide bonds. The number of nitrogens with zero attached hydrogens (tertiary/aromatic N) is 6. The maximum Gasteiger partial charge on any atom is 0.165 e. The number of benzene rings is 8. The number of rotatable bonds is 7. The molecule has 12 rings (SSSR count). The van der Waals surface area contributed by atoms with Gasteiger partial charge in [0.05, 0.1) is 27.8 Å². The van der Waals surface area contributed by atoms with Crippen LogP contribution in [0.3, 0.4) is 0 Å². The summed E-state index contributed by atoms with van der Waals surface area (Å²) in [5.41, 5.74) is 13.5. The Balaban J connectivity index is 1.04. The fourth-order valence-corrected chi connectivity index (χ4v) is 9.00. The van der Waals surface area contributed by atoms with E-state index in [-0.39, 0.29) is 0 Å². The predicted molar refractivity (Wildman–Crippen MR) is 253 cm³/mol. The standard InChI is InChI=1S/C56H36N6/c1-3-16-37(17-4-1)39-30-31-53(62-51-28-13-9-24-46(51)47-25-10-14-29-52(47)62)48(34-39)41-32-42(36-57-35-41)56-59-54(38-18-5-2-6-19-38)58-55(60-56)40-20-15-21-43(33-40)61-49-26-11-7-22-44(49)45-23-8-12-27-50(45)61/h1-36H. The molecule has 0 bridgehead atoms. The maximum atomic E-state index is 5.22. The van der Waals surface area contributed by atoms with Crippen LogP contribution in [-0.4, -0.2) is 29.1 Å². The fourth-order valence-electron chi connectivity index (χ4n) is 9.00. The molecular formula is C56H36N6. The third kappa shape index (κ3) is 5.96. The molecule has 0 unspecified atom stereocenters. The highest BCUT2D eigenvalue weighted by atomic mass is 15.0. The van der Waals surface area contributed by atoms with Gasteiger partial charge in [-0.05, 0) is 65.7 Å². The first-order chi connectivity index (χ1) is 30.7. The average Bonchev–Trinajstić information content (AvgIpc) is 3.87. The molecule has 6 nitrogen and oxygen atoms in total. The van der Waals surface area contributed by atoms with Crippen molar-refractivity contribution in [2.75, 3.05) is 0 Å². The van der Waals surface area contributed by atoms with Crippen LogP contribution in [0.4, 0.5) is 0 Å². The third-order valence-corrected chi connectivity index (χ3v) is 11.8. The van der Waals surface area contributed by atoms with E-state index in [1.165, 1.54) is 21.5 Å². The van der Waals surface area contributed by atoms with Gasteiger partial charge >= 0.3 is 0 Å². The van der Waals surface area contributed by atoms with Crippen molar-refractivity contribution in [1.29, 1.82) is 0 Å². The number of pyridine rings is 1. The summed E-state index contributed by atoms with van der Waals surface area (Å²) in [4.78, 5) is 20.4. The number of hydrogen-bond acceptors (Lipinski definition) is 4. The van der Waals surface area contributed by atoms with Crippen molar-refractivity contribution < 1.29 is 0 Å².